The Morgan fingerprint density at radius 3 is 2.23 bits per heavy atom. The van der Waals surface area contributed by atoms with Gasteiger partial charge in [0.2, 0.25) is 5.91 Å². The smallest absolute Gasteiger partial charge is 0.229 e. The highest BCUT2D eigenvalue weighted by molar-refractivity contribution is 5.85. The van der Waals surface area contributed by atoms with Crippen molar-refractivity contribution < 1.29 is 9.53 Å². The number of hydrogen-bond acceptors (Lipinski definition) is 3. The molecule has 0 radical (unpaired) electrons. The first-order chi connectivity index (χ1) is 9.99. The molecule has 0 aliphatic carbocycles. The predicted octanol–water partition coefficient (Wildman–Crippen LogP) is 3.02. The van der Waals surface area contributed by atoms with Gasteiger partial charge >= 0.3 is 0 Å². The van der Waals surface area contributed by atoms with E-state index in [1.807, 2.05) is 52.1 Å². The number of carbonyl (C=O) groups excluding carboxylic acids is 1. The minimum Gasteiger partial charge on any atom is -0.492 e. The molecule has 126 valence electrons. The van der Waals surface area contributed by atoms with Crippen LogP contribution in [0.2, 0.25) is 0 Å². The molecule has 0 bridgehead atoms. The van der Waals surface area contributed by atoms with E-state index in [9.17, 15) is 4.79 Å². The minimum atomic E-state index is -0.432. The molecule has 22 heavy (non-hydrogen) atoms. The largest absolute Gasteiger partial charge is 0.492 e. The lowest BCUT2D eigenvalue weighted by Crippen LogP contribution is -2.47. The van der Waals surface area contributed by atoms with Crippen LogP contribution in [-0.4, -0.2) is 37.6 Å². The van der Waals surface area contributed by atoms with E-state index in [0.29, 0.717) is 19.7 Å². The number of nitrogens with zero attached hydrogens (tertiary/aromatic N) is 1. The average Bonchev–Trinajstić information content (AvgIpc) is 2.51. The van der Waals surface area contributed by atoms with Crippen molar-refractivity contribution in [2.75, 3.05) is 26.7 Å². The van der Waals surface area contributed by atoms with Gasteiger partial charge < -0.3 is 15.4 Å². The molecule has 4 nitrogen and oxygen atoms in total. The molecule has 0 aliphatic heterocycles. The lowest BCUT2D eigenvalue weighted by molar-refractivity contribution is -0.141. The van der Waals surface area contributed by atoms with Crippen LogP contribution < -0.4 is 10.5 Å². The van der Waals surface area contributed by atoms with Crippen LogP contribution in [0.4, 0.5) is 0 Å². The number of aryl methyl sites for hydroxylation is 1. The number of carbonyl (C=O) groups is 1. The lowest BCUT2D eigenvalue weighted by Gasteiger charge is -2.33. The van der Waals surface area contributed by atoms with Gasteiger partial charge in [0.15, 0.2) is 0 Å². The zero-order valence-corrected chi connectivity index (χ0v) is 14.9. The molecule has 1 aromatic carbocycles. The number of amides is 1. The van der Waals surface area contributed by atoms with Crippen LogP contribution in [0.25, 0.3) is 0 Å². The summed E-state index contributed by atoms with van der Waals surface area (Å²) in [5.74, 6) is 0.944. The Bertz CT molecular complexity index is 436. The van der Waals surface area contributed by atoms with Gasteiger partial charge in [-0.25, -0.2) is 0 Å². The molecule has 0 heterocycles. The number of benzene rings is 1. The zero-order chi connectivity index (χ0) is 15.9. The maximum Gasteiger partial charge on any atom is 0.229 e. The molecular weight excluding hydrogens is 300 g/mol. The molecular formula is C17H29ClN2O2. The van der Waals surface area contributed by atoms with Crippen molar-refractivity contribution in [3.8, 4) is 5.75 Å². The Labute approximate surface area is 140 Å². The highest BCUT2D eigenvalue weighted by Gasteiger charge is 2.35. The van der Waals surface area contributed by atoms with E-state index in [4.69, 9.17) is 10.5 Å². The van der Waals surface area contributed by atoms with E-state index in [0.717, 1.165) is 18.6 Å². The normalized spacial score (nSPS) is 10.8. The first-order valence-electron chi connectivity index (χ1n) is 7.64. The summed E-state index contributed by atoms with van der Waals surface area (Å²) in [6.45, 7) is 7.52. The van der Waals surface area contributed by atoms with Gasteiger partial charge in [-0.05, 0) is 31.9 Å². The number of ether oxygens (including phenoxy) is 1. The molecule has 0 aliphatic rings. The maximum atomic E-state index is 12.5. The van der Waals surface area contributed by atoms with Gasteiger partial charge in [0, 0.05) is 13.6 Å². The van der Waals surface area contributed by atoms with E-state index in [2.05, 4.69) is 0 Å². The minimum absolute atomic E-state index is 0. The second-order valence-corrected chi connectivity index (χ2v) is 5.58. The highest BCUT2D eigenvalue weighted by atomic mass is 35.5. The number of likely N-dealkylation sites (N-methyl/N-ethyl adjacent to an activating group) is 1. The monoisotopic (exact) mass is 328 g/mol. The summed E-state index contributed by atoms with van der Waals surface area (Å²) >= 11 is 0. The predicted molar refractivity (Wildman–Crippen MR) is 93.6 cm³/mol. The van der Waals surface area contributed by atoms with Crippen LogP contribution in [-0.2, 0) is 4.79 Å². The molecule has 0 saturated carbocycles. The molecule has 5 heteroatoms. The summed E-state index contributed by atoms with van der Waals surface area (Å²) in [7, 11) is 1.82. The van der Waals surface area contributed by atoms with Gasteiger partial charge in [0.25, 0.3) is 0 Å². The average molecular weight is 329 g/mol. The van der Waals surface area contributed by atoms with Crippen LogP contribution in [0.1, 0.15) is 32.3 Å². The van der Waals surface area contributed by atoms with Crippen molar-refractivity contribution in [2.45, 2.75) is 33.6 Å². The van der Waals surface area contributed by atoms with Crippen molar-refractivity contribution in [2.24, 2.45) is 11.1 Å². The van der Waals surface area contributed by atoms with E-state index in [1.54, 1.807) is 4.90 Å². The fraction of sp³-hybridized carbons (Fsp3) is 0.588. The molecule has 0 saturated heterocycles. The third-order valence-electron chi connectivity index (χ3n) is 4.26. The number of hydrogen-bond donors (Lipinski definition) is 1. The summed E-state index contributed by atoms with van der Waals surface area (Å²) in [4.78, 5) is 14.3. The molecule has 0 spiro atoms. The first kappa shape index (κ1) is 20.7. The van der Waals surface area contributed by atoms with Crippen LogP contribution in [0.15, 0.2) is 24.3 Å². The fourth-order valence-corrected chi connectivity index (χ4v) is 2.37. The van der Waals surface area contributed by atoms with Crippen LogP contribution in [0.5, 0.6) is 5.75 Å². The van der Waals surface area contributed by atoms with Gasteiger partial charge in [-0.15, -0.1) is 12.4 Å². The molecule has 0 unspecified atom stereocenters. The third kappa shape index (κ3) is 5.18. The van der Waals surface area contributed by atoms with E-state index < -0.39 is 5.41 Å². The van der Waals surface area contributed by atoms with Gasteiger partial charge in [-0.1, -0.05) is 31.5 Å². The van der Waals surface area contributed by atoms with Crippen LogP contribution >= 0.6 is 12.4 Å². The van der Waals surface area contributed by atoms with Crippen molar-refractivity contribution in [3.05, 3.63) is 29.8 Å². The van der Waals surface area contributed by atoms with Gasteiger partial charge in [-0.3, -0.25) is 4.79 Å². The van der Waals surface area contributed by atoms with E-state index >= 15 is 0 Å². The topological polar surface area (TPSA) is 55.6 Å². The Morgan fingerprint density at radius 1 is 1.23 bits per heavy atom. The Morgan fingerprint density at radius 2 is 1.77 bits per heavy atom. The molecule has 2 N–H and O–H groups in total. The lowest BCUT2D eigenvalue weighted by atomic mass is 9.81. The summed E-state index contributed by atoms with van der Waals surface area (Å²) in [6, 6.07) is 7.91. The van der Waals surface area contributed by atoms with Crippen molar-refractivity contribution >= 4 is 18.3 Å². The summed E-state index contributed by atoms with van der Waals surface area (Å²) < 4.78 is 5.67. The second kappa shape index (κ2) is 9.70. The number of nitrogens with two attached hydrogens (primary N) is 1. The van der Waals surface area contributed by atoms with Gasteiger partial charge in [0.1, 0.15) is 12.4 Å². The Balaban J connectivity index is 0.00000441. The summed E-state index contributed by atoms with van der Waals surface area (Å²) in [5, 5.41) is 0. The van der Waals surface area contributed by atoms with Crippen molar-refractivity contribution in [1.29, 1.82) is 0 Å². The number of halogens is 1. The van der Waals surface area contributed by atoms with Gasteiger partial charge in [-0.2, -0.15) is 0 Å². The van der Waals surface area contributed by atoms with E-state index in [-0.39, 0.29) is 18.3 Å². The summed E-state index contributed by atoms with van der Waals surface area (Å²) in [6.07, 6.45) is 1.53. The second-order valence-electron chi connectivity index (χ2n) is 5.58. The quantitative estimate of drug-likeness (QED) is 0.798. The highest BCUT2D eigenvalue weighted by Crippen LogP contribution is 2.27. The van der Waals surface area contributed by atoms with Crippen molar-refractivity contribution in [1.82, 2.24) is 4.90 Å². The number of rotatable bonds is 8. The van der Waals surface area contributed by atoms with Gasteiger partial charge in [0.05, 0.1) is 12.0 Å². The SMILES string of the molecule is CCC(CC)(CN)C(=O)N(C)CCOc1ccc(C)cc1.Cl. The molecule has 1 aromatic rings. The van der Waals surface area contributed by atoms with E-state index in [1.165, 1.54) is 5.56 Å². The fourth-order valence-electron chi connectivity index (χ4n) is 2.37. The summed E-state index contributed by atoms with van der Waals surface area (Å²) in [5.41, 5.74) is 6.59. The molecule has 0 aromatic heterocycles. The van der Waals surface area contributed by atoms with Crippen LogP contribution in [0.3, 0.4) is 0 Å². The van der Waals surface area contributed by atoms with Crippen molar-refractivity contribution in [3.63, 3.8) is 0 Å². The third-order valence-corrected chi connectivity index (χ3v) is 4.26. The molecule has 1 amide bonds. The maximum absolute atomic E-state index is 12.5. The molecule has 0 atom stereocenters. The Hall–Kier alpha value is -1.26. The zero-order valence-electron chi connectivity index (χ0n) is 14.1. The Kier molecular flexibility index (Phi) is 9.14. The molecule has 1 rings (SSSR count). The first-order valence-corrected chi connectivity index (χ1v) is 7.64. The molecule has 0 fully saturated rings. The van der Waals surface area contributed by atoms with Crippen LogP contribution in [0, 0.1) is 12.3 Å². The standard InChI is InChI=1S/C17H28N2O2.ClH/c1-5-17(6-2,13-18)16(20)19(4)11-12-21-15-9-7-14(3)8-10-15;/h7-10H,5-6,11-13,18H2,1-4H3;1H.